The fourth-order valence-corrected chi connectivity index (χ4v) is 2.34. The molecule has 1 fully saturated rings. The van der Waals surface area contributed by atoms with Crippen LogP contribution in [-0.2, 0) is 0 Å². The van der Waals surface area contributed by atoms with Crippen molar-refractivity contribution in [3.63, 3.8) is 0 Å². The van der Waals surface area contributed by atoms with Crippen molar-refractivity contribution in [2.24, 2.45) is 5.92 Å². The summed E-state index contributed by atoms with van der Waals surface area (Å²) in [4.78, 5) is 0. The van der Waals surface area contributed by atoms with Gasteiger partial charge >= 0.3 is 0 Å². The molecule has 0 saturated carbocycles. The predicted molar refractivity (Wildman–Crippen MR) is 68.0 cm³/mol. The molecule has 2 atom stereocenters. The molecular weight excluding hydrogens is 216 g/mol. The van der Waals surface area contributed by atoms with Crippen LogP contribution in [0.3, 0.4) is 0 Å². The first-order valence-corrected chi connectivity index (χ1v) is 6.04. The van der Waals surface area contributed by atoms with Crippen molar-refractivity contribution in [1.29, 1.82) is 0 Å². The molecule has 94 valence electrons. The SMILES string of the molecule is COc1ccc(N)c(C(O)C2CCCNC2)c1. The topological polar surface area (TPSA) is 67.5 Å². The monoisotopic (exact) mass is 236 g/mol. The number of hydrogen-bond acceptors (Lipinski definition) is 4. The first-order chi connectivity index (χ1) is 8.22. The van der Waals surface area contributed by atoms with Crippen LogP contribution in [0.4, 0.5) is 5.69 Å². The van der Waals surface area contributed by atoms with Crippen molar-refractivity contribution in [2.75, 3.05) is 25.9 Å². The van der Waals surface area contributed by atoms with Crippen molar-refractivity contribution in [3.8, 4) is 5.75 Å². The molecule has 4 heteroatoms. The molecule has 0 amide bonds. The highest BCUT2D eigenvalue weighted by atomic mass is 16.5. The second kappa shape index (κ2) is 5.38. The van der Waals surface area contributed by atoms with Gasteiger partial charge in [0, 0.05) is 23.7 Å². The molecule has 0 bridgehead atoms. The Morgan fingerprint density at radius 2 is 2.35 bits per heavy atom. The maximum Gasteiger partial charge on any atom is 0.119 e. The van der Waals surface area contributed by atoms with Crippen LogP contribution >= 0.6 is 0 Å². The number of methoxy groups -OCH3 is 1. The van der Waals surface area contributed by atoms with Crippen molar-refractivity contribution < 1.29 is 9.84 Å². The van der Waals surface area contributed by atoms with Crippen LogP contribution in [0.1, 0.15) is 24.5 Å². The maximum atomic E-state index is 10.4. The van der Waals surface area contributed by atoms with Crippen molar-refractivity contribution in [3.05, 3.63) is 23.8 Å². The van der Waals surface area contributed by atoms with Gasteiger partial charge in [0.15, 0.2) is 0 Å². The second-order valence-corrected chi connectivity index (χ2v) is 4.55. The van der Waals surface area contributed by atoms with E-state index >= 15 is 0 Å². The van der Waals surface area contributed by atoms with Crippen LogP contribution < -0.4 is 15.8 Å². The van der Waals surface area contributed by atoms with E-state index in [0.29, 0.717) is 5.69 Å². The molecular formula is C13H20N2O2. The van der Waals surface area contributed by atoms with Crippen LogP contribution in [0.5, 0.6) is 5.75 Å². The summed E-state index contributed by atoms with van der Waals surface area (Å²) < 4.78 is 5.17. The number of anilines is 1. The highest BCUT2D eigenvalue weighted by Crippen LogP contribution is 2.32. The molecule has 1 aliphatic heterocycles. The number of nitrogens with two attached hydrogens (primary N) is 1. The van der Waals surface area contributed by atoms with E-state index < -0.39 is 6.10 Å². The van der Waals surface area contributed by atoms with Gasteiger partial charge in [-0.15, -0.1) is 0 Å². The lowest BCUT2D eigenvalue weighted by atomic mass is 9.88. The lowest BCUT2D eigenvalue weighted by Gasteiger charge is -2.28. The van der Waals surface area contributed by atoms with Gasteiger partial charge < -0.3 is 20.9 Å². The van der Waals surface area contributed by atoms with Gasteiger partial charge in [0.05, 0.1) is 13.2 Å². The molecule has 0 aromatic heterocycles. The Bertz CT molecular complexity index is 376. The zero-order valence-electron chi connectivity index (χ0n) is 10.1. The average molecular weight is 236 g/mol. The Labute approximate surface area is 102 Å². The van der Waals surface area contributed by atoms with Crippen molar-refractivity contribution in [2.45, 2.75) is 18.9 Å². The smallest absolute Gasteiger partial charge is 0.119 e. The lowest BCUT2D eigenvalue weighted by molar-refractivity contribution is 0.0926. The van der Waals surface area contributed by atoms with Gasteiger partial charge in [-0.3, -0.25) is 0 Å². The van der Waals surface area contributed by atoms with E-state index in [1.54, 1.807) is 13.2 Å². The van der Waals surface area contributed by atoms with E-state index in [1.807, 2.05) is 12.1 Å². The number of aliphatic hydroxyl groups is 1. The largest absolute Gasteiger partial charge is 0.497 e. The number of benzene rings is 1. The molecule has 1 aromatic carbocycles. The van der Waals surface area contributed by atoms with Crippen molar-refractivity contribution >= 4 is 5.69 Å². The molecule has 1 saturated heterocycles. The van der Waals surface area contributed by atoms with Gasteiger partial charge in [-0.2, -0.15) is 0 Å². The first-order valence-electron chi connectivity index (χ1n) is 6.04. The maximum absolute atomic E-state index is 10.4. The van der Waals surface area contributed by atoms with Crippen LogP contribution in [0.2, 0.25) is 0 Å². The molecule has 4 nitrogen and oxygen atoms in total. The summed E-state index contributed by atoms with van der Waals surface area (Å²) in [6.45, 7) is 1.88. The minimum absolute atomic E-state index is 0.234. The summed E-state index contributed by atoms with van der Waals surface area (Å²) in [5, 5.41) is 13.7. The highest BCUT2D eigenvalue weighted by Gasteiger charge is 2.24. The fraction of sp³-hybridized carbons (Fsp3) is 0.538. The summed E-state index contributed by atoms with van der Waals surface area (Å²) in [6.07, 6.45) is 1.62. The van der Waals surface area contributed by atoms with E-state index in [0.717, 1.165) is 37.2 Å². The number of nitrogen functional groups attached to an aromatic ring is 1. The molecule has 4 N–H and O–H groups in total. The van der Waals surface area contributed by atoms with E-state index in [-0.39, 0.29) is 5.92 Å². The van der Waals surface area contributed by atoms with Crippen LogP contribution in [0.15, 0.2) is 18.2 Å². The Morgan fingerprint density at radius 3 is 3.00 bits per heavy atom. The second-order valence-electron chi connectivity index (χ2n) is 4.55. The van der Waals surface area contributed by atoms with Gasteiger partial charge in [0.2, 0.25) is 0 Å². The summed E-state index contributed by atoms with van der Waals surface area (Å²) >= 11 is 0. The van der Waals surface area contributed by atoms with Gasteiger partial charge in [-0.1, -0.05) is 0 Å². The summed E-state index contributed by atoms with van der Waals surface area (Å²) in [5.74, 6) is 0.968. The minimum atomic E-state index is -0.516. The third-order valence-electron chi connectivity index (χ3n) is 3.39. The fourth-order valence-electron chi connectivity index (χ4n) is 2.34. The molecule has 0 spiro atoms. The first kappa shape index (κ1) is 12.2. The number of aliphatic hydroxyl groups excluding tert-OH is 1. The molecule has 2 rings (SSSR count). The van der Waals surface area contributed by atoms with E-state index in [1.165, 1.54) is 0 Å². The van der Waals surface area contributed by atoms with Gasteiger partial charge in [-0.25, -0.2) is 0 Å². The minimum Gasteiger partial charge on any atom is -0.497 e. The zero-order chi connectivity index (χ0) is 12.3. The van der Waals surface area contributed by atoms with E-state index in [4.69, 9.17) is 10.5 Å². The molecule has 2 unspecified atom stereocenters. The Balaban J connectivity index is 2.19. The van der Waals surface area contributed by atoms with Crippen LogP contribution in [-0.4, -0.2) is 25.3 Å². The average Bonchev–Trinajstić information content (AvgIpc) is 2.39. The molecule has 0 radical (unpaired) electrons. The number of rotatable bonds is 3. The van der Waals surface area contributed by atoms with Gasteiger partial charge in [0.25, 0.3) is 0 Å². The molecule has 1 aliphatic rings. The molecule has 17 heavy (non-hydrogen) atoms. The Kier molecular flexibility index (Phi) is 3.86. The summed E-state index contributed by atoms with van der Waals surface area (Å²) in [5.41, 5.74) is 7.32. The molecule has 0 aliphatic carbocycles. The Hall–Kier alpha value is -1.26. The van der Waals surface area contributed by atoms with E-state index in [9.17, 15) is 5.11 Å². The molecule has 1 heterocycles. The van der Waals surface area contributed by atoms with Crippen molar-refractivity contribution in [1.82, 2.24) is 5.32 Å². The number of hydrogen-bond donors (Lipinski definition) is 3. The quantitative estimate of drug-likeness (QED) is 0.692. The van der Waals surface area contributed by atoms with E-state index in [2.05, 4.69) is 5.32 Å². The summed E-state index contributed by atoms with van der Waals surface area (Å²) in [7, 11) is 1.61. The normalized spacial score (nSPS) is 22.1. The number of nitrogens with one attached hydrogen (secondary N) is 1. The number of ether oxygens (including phenoxy) is 1. The predicted octanol–water partition coefficient (Wildman–Crippen LogP) is 1.31. The summed E-state index contributed by atoms with van der Waals surface area (Å²) in [6, 6.07) is 5.42. The molecule has 1 aromatic rings. The van der Waals surface area contributed by atoms with Gasteiger partial charge in [-0.05, 0) is 37.6 Å². The lowest BCUT2D eigenvalue weighted by Crippen LogP contribution is -2.33. The van der Waals surface area contributed by atoms with Crippen LogP contribution in [0.25, 0.3) is 0 Å². The third-order valence-corrected chi connectivity index (χ3v) is 3.39. The highest BCUT2D eigenvalue weighted by molar-refractivity contribution is 5.51. The van der Waals surface area contributed by atoms with Crippen LogP contribution in [0, 0.1) is 5.92 Å². The van der Waals surface area contributed by atoms with Gasteiger partial charge in [0.1, 0.15) is 5.75 Å². The Morgan fingerprint density at radius 1 is 1.53 bits per heavy atom. The standard InChI is InChI=1S/C13H20N2O2/c1-17-10-4-5-12(14)11(7-10)13(16)9-3-2-6-15-8-9/h4-5,7,9,13,15-16H,2-3,6,8,14H2,1H3. The third kappa shape index (κ3) is 2.70. The number of piperidine rings is 1. The zero-order valence-corrected chi connectivity index (χ0v) is 10.1.